The number of methoxy groups -OCH3 is 1. The van der Waals surface area contributed by atoms with Crippen LogP contribution in [0, 0.1) is 0 Å². The maximum Gasteiger partial charge on any atom is 0.244 e. The van der Waals surface area contributed by atoms with Crippen molar-refractivity contribution in [3.63, 3.8) is 0 Å². The zero-order chi connectivity index (χ0) is 28.1. The molecule has 3 rings (SSSR count). The van der Waals surface area contributed by atoms with E-state index < -0.39 is 21.9 Å². The molecule has 0 saturated heterocycles. The lowest BCUT2D eigenvalue weighted by molar-refractivity contribution is -0.180. The molecule has 39 heavy (non-hydrogen) atoms. The van der Waals surface area contributed by atoms with E-state index in [0.29, 0.717) is 45.1 Å². The first kappa shape index (κ1) is 31.3. The third-order valence-corrected chi connectivity index (χ3v) is 8.00. The van der Waals surface area contributed by atoms with Gasteiger partial charge in [0, 0.05) is 45.7 Å². The number of aliphatic hydroxyl groups is 1. The standard InChI is InChI=1S/C29H44N2O7S/c1-29(2)37-22-24-20-23(14-15-26(24)38-29)25(32)21-30-16-8-4-5-10-18-36-19-11-9-17-31-39(33,34)28-13-7-6-12-27(28)35-3/h6-7,12-15,20,25,30-32H,4-5,8-11,16-19,21-22H2,1-3H3/t25-/m0/s1. The molecule has 3 N–H and O–H groups in total. The van der Waals surface area contributed by atoms with E-state index in [9.17, 15) is 13.5 Å². The maximum atomic E-state index is 12.4. The van der Waals surface area contributed by atoms with Crippen LogP contribution in [0.2, 0.25) is 0 Å². The van der Waals surface area contributed by atoms with E-state index in [1.807, 2.05) is 32.0 Å². The molecule has 0 saturated carbocycles. The van der Waals surface area contributed by atoms with Crippen molar-refractivity contribution in [2.45, 2.75) is 75.8 Å². The number of benzene rings is 2. The second kappa shape index (κ2) is 15.5. The summed E-state index contributed by atoms with van der Waals surface area (Å²) in [5.41, 5.74) is 1.82. The summed E-state index contributed by atoms with van der Waals surface area (Å²) in [6.45, 7) is 7.31. The number of fused-ring (bicyclic) bond motifs is 1. The number of aliphatic hydroxyl groups excluding tert-OH is 1. The number of nitrogens with one attached hydrogen (secondary N) is 2. The van der Waals surface area contributed by atoms with Crippen molar-refractivity contribution in [3.8, 4) is 11.5 Å². The Morgan fingerprint density at radius 1 is 1.00 bits per heavy atom. The molecular formula is C29H44N2O7S. The number of hydrogen-bond acceptors (Lipinski definition) is 8. The van der Waals surface area contributed by atoms with Gasteiger partial charge < -0.3 is 29.4 Å². The number of unbranched alkanes of at least 4 members (excludes halogenated alkanes) is 4. The van der Waals surface area contributed by atoms with Gasteiger partial charge in [-0.1, -0.05) is 31.0 Å². The van der Waals surface area contributed by atoms with Crippen LogP contribution in [0.5, 0.6) is 11.5 Å². The van der Waals surface area contributed by atoms with Gasteiger partial charge in [-0.05, 0) is 62.1 Å². The highest BCUT2D eigenvalue weighted by atomic mass is 32.2. The molecule has 2 aromatic carbocycles. The van der Waals surface area contributed by atoms with E-state index in [-0.39, 0.29) is 4.90 Å². The van der Waals surface area contributed by atoms with Crippen molar-refractivity contribution >= 4 is 10.0 Å². The summed E-state index contributed by atoms with van der Waals surface area (Å²) in [5, 5.41) is 13.9. The minimum absolute atomic E-state index is 0.153. The number of para-hydroxylation sites is 1. The van der Waals surface area contributed by atoms with E-state index in [2.05, 4.69) is 10.0 Å². The maximum absolute atomic E-state index is 12.4. The minimum Gasteiger partial charge on any atom is -0.495 e. The highest BCUT2D eigenvalue weighted by Crippen LogP contribution is 2.32. The molecule has 218 valence electrons. The van der Waals surface area contributed by atoms with Gasteiger partial charge in [-0.3, -0.25) is 0 Å². The third-order valence-electron chi connectivity index (χ3n) is 6.50. The normalized spacial score (nSPS) is 15.4. The topological polar surface area (TPSA) is 115 Å². The van der Waals surface area contributed by atoms with E-state index in [0.717, 1.165) is 55.5 Å². The fraction of sp³-hybridized carbons (Fsp3) is 0.586. The molecule has 1 atom stereocenters. The molecular weight excluding hydrogens is 520 g/mol. The molecule has 0 fully saturated rings. The van der Waals surface area contributed by atoms with Gasteiger partial charge in [0.2, 0.25) is 15.8 Å². The van der Waals surface area contributed by atoms with Crippen molar-refractivity contribution in [3.05, 3.63) is 53.6 Å². The van der Waals surface area contributed by atoms with Gasteiger partial charge in [0.1, 0.15) is 16.4 Å². The van der Waals surface area contributed by atoms with Gasteiger partial charge in [0.25, 0.3) is 0 Å². The van der Waals surface area contributed by atoms with Gasteiger partial charge in [-0.25, -0.2) is 13.1 Å². The predicted octanol–water partition coefficient (Wildman–Crippen LogP) is 4.30. The molecule has 0 radical (unpaired) electrons. The third kappa shape index (κ3) is 10.4. The molecule has 9 nitrogen and oxygen atoms in total. The molecule has 10 heteroatoms. The van der Waals surface area contributed by atoms with E-state index in [1.165, 1.54) is 13.2 Å². The predicted molar refractivity (Wildman–Crippen MR) is 150 cm³/mol. The number of ether oxygens (including phenoxy) is 4. The quantitative estimate of drug-likeness (QED) is 0.230. The SMILES string of the molecule is COc1ccccc1S(=O)(=O)NCCCCOCCCCCCNC[C@H](O)c1ccc2c(c1)COC(C)(C)O2. The molecule has 0 bridgehead atoms. The Hall–Kier alpha value is -2.21. The fourth-order valence-electron chi connectivity index (χ4n) is 4.29. The zero-order valence-electron chi connectivity index (χ0n) is 23.4. The van der Waals surface area contributed by atoms with Crippen LogP contribution in [0.3, 0.4) is 0 Å². The van der Waals surface area contributed by atoms with Crippen molar-refractivity contribution in [2.75, 3.05) is 40.0 Å². The largest absolute Gasteiger partial charge is 0.495 e. The van der Waals surface area contributed by atoms with Gasteiger partial charge in [-0.2, -0.15) is 0 Å². The average molecular weight is 565 g/mol. The summed E-state index contributed by atoms with van der Waals surface area (Å²) in [5.74, 6) is 0.527. The Bertz CT molecular complexity index is 1120. The van der Waals surface area contributed by atoms with Crippen LogP contribution in [-0.4, -0.2) is 59.3 Å². The summed E-state index contributed by atoms with van der Waals surface area (Å²) in [7, 11) is -2.13. The highest BCUT2D eigenvalue weighted by molar-refractivity contribution is 7.89. The second-order valence-corrected chi connectivity index (χ2v) is 11.9. The lowest BCUT2D eigenvalue weighted by Gasteiger charge is -2.33. The Morgan fingerprint density at radius 2 is 1.72 bits per heavy atom. The molecule has 1 aliphatic rings. The van der Waals surface area contributed by atoms with E-state index in [4.69, 9.17) is 18.9 Å². The first-order chi connectivity index (χ1) is 18.7. The number of sulfonamides is 1. The second-order valence-electron chi connectivity index (χ2n) is 10.2. The summed E-state index contributed by atoms with van der Waals surface area (Å²) >= 11 is 0. The van der Waals surface area contributed by atoms with Crippen LogP contribution in [0.25, 0.3) is 0 Å². The molecule has 0 amide bonds. The van der Waals surface area contributed by atoms with Crippen LogP contribution in [-0.2, 0) is 26.1 Å². The van der Waals surface area contributed by atoms with Crippen molar-refractivity contribution < 1.29 is 32.5 Å². The molecule has 1 heterocycles. The molecule has 0 unspecified atom stereocenters. The average Bonchev–Trinajstić information content (AvgIpc) is 2.92. The van der Waals surface area contributed by atoms with Crippen LogP contribution >= 0.6 is 0 Å². The summed E-state index contributed by atoms with van der Waals surface area (Å²) in [6.07, 6.45) is 5.15. The Morgan fingerprint density at radius 3 is 2.51 bits per heavy atom. The Kier molecular flexibility index (Phi) is 12.5. The summed E-state index contributed by atoms with van der Waals surface area (Å²) in [4.78, 5) is 0.153. The first-order valence-corrected chi connectivity index (χ1v) is 15.3. The Labute approximate surface area is 233 Å². The monoisotopic (exact) mass is 564 g/mol. The zero-order valence-corrected chi connectivity index (χ0v) is 24.2. The van der Waals surface area contributed by atoms with Crippen molar-refractivity contribution in [1.29, 1.82) is 0 Å². The molecule has 1 aliphatic heterocycles. The minimum atomic E-state index is -3.59. The fourth-order valence-corrected chi connectivity index (χ4v) is 5.53. The lowest BCUT2D eigenvalue weighted by Crippen LogP contribution is -2.35. The summed E-state index contributed by atoms with van der Waals surface area (Å²) in [6, 6.07) is 12.4. The van der Waals surface area contributed by atoms with Crippen molar-refractivity contribution in [2.24, 2.45) is 0 Å². The van der Waals surface area contributed by atoms with Crippen LogP contribution < -0.4 is 19.5 Å². The number of rotatable bonds is 18. The number of hydrogen-bond donors (Lipinski definition) is 3. The lowest BCUT2D eigenvalue weighted by atomic mass is 10.0. The Balaban J connectivity index is 1.15. The smallest absolute Gasteiger partial charge is 0.244 e. The van der Waals surface area contributed by atoms with E-state index in [1.54, 1.807) is 18.2 Å². The molecule has 0 aromatic heterocycles. The molecule has 0 spiro atoms. The van der Waals surface area contributed by atoms with Crippen LogP contribution in [0.1, 0.15) is 69.6 Å². The van der Waals surface area contributed by atoms with E-state index >= 15 is 0 Å². The van der Waals surface area contributed by atoms with Crippen LogP contribution in [0.15, 0.2) is 47.4 Å². The van der Waals surface area contributed by atoms with Crippen molar-refractivity contribution in [1.82, 2.24) is 10.0 Å². The first-order valence-electron chi connectivity index (χ1n) is 13.8. The van der Waals surface area contributed by atoms with Gasteiger partial charge >= 0.3 is 0 Å². The highest BCUT2D eigenvalue weighted by Gasteiger charge is 2.27. The molecule has 0 aliphatic carbocycles. The van der Waals surface area contributed by atoms with Gasteiger partial charge in [0.15, 0.2) is 0 Å². The van der Waals surface area contributed by atoms with Gasteiger partial charge in [0.05, 0.1) is 19.8 Å². The van der Waals surface area contributed by atoms with Crippen LogP contribution in [0.4, 0.5) is 0 Å². The molecule has 2 aromatic rings. The summed E-state index contributed by atoms with van der Waals surface area (Å²) < 4.78 is 49.8. The van der Waals surface area contributed by atoms with Gasteiger partial charge in [-0.15, -0.1) is 0 Å².